The molecule has 0 saturated heterocycles. The van der Waals surface area contributed by atoms with Crippen LogP contribution in [0.1, 0.15) is 0 Å². The first kappa shape index (κ1) is 9.30. The van der Waals surface area contributed by atoms with Gasteiger partial charge in [-0.05, 0) is 12.1 Å². The van der Waals surface area contributed by atoms with Gasteiger partial charge in [0, 0.05) is 13.8 Å². The zero-order chi connectivity index (χ0) is 9.03. The van der Waals surface area contributed by atoms with E-state index in [1.165, 1.54) is 13.8 Å². The van der Waals surface area contributed by atoms with Crippen molar-refractivity contribution >= 4 is 7.60 Å². The Kier molecular flexibility index (Phi) is 2.90. The summed E-state index contributed by atoms with van der Waals surface area (Å²) in [6.07, 6.45) is 0. The summed E-state index contributed by atoms with van der Waals surface area (Å²) in [4.78, 5) is 0. The molecule has 0 saturated carbocycles. The molecule has 0 aliphatic rings. The van der Waals surface area contributed by atoms with Gasteiger partial charge in [-0.1, -0.05) is 18.2 Å². The molecule has 0 N–H and O–H groups in total. The Balaban J connectivity index is 2.71. The molecule has 0 aliphatic heterocycles. The van der Waals surface area contributed by atoms with Crippen LogP contribution in [0, 0.1) is 0 Å². The van der Waals surface area contributed by atoms with E-state index >= 15 is 0 Å². The van der Waals surface area contributed by atoms with Crippen LogP contribution in [-0.2, 0) is 9.09 Å². The van der Waals surface area contributed by atoms with Crippen LogP contribution in [-0.4, -0.2) is 13.8 Å². The minimum absolute atomic E-state index is 0.560. The van der Waals surface area contributed by atoms with Gasteiger partial charge < -0.3 is 9.05 Å². The number of rotatable bonds is 3. The van der Waals surface area contributed by atoms with Crippen LogP contribution in [0.2, 0.25) is 0 Å². The van der Waals surface area contributed by atoms with E-state index < -0.39 is 7.60 Å². The molecular formula is C8H11O3P. The molecule has 0 bridgehead atoms. The summed E-state index contributed by atoms with van der Waals surface area (Å²) in [7, 11) is -1.53. The Morgan fingerprint density at radius 3 is 2.33 bits per heavy atom. The lowest BCUT2D eigenvalue weighted by molar-refractivity contribution is 0.328. The molecule has 0 amide bonds. The Morgan fingerprint density at radius 1 is 1.25 bits per heavy atom. The first-order valence-electron chi connectivity index (χ1n) is 3.52. The van der Waals surface area contributed by atoms with Gasteiger partial charge in [0.2, 0.25) is 0 Å². The van der Waals surface area contributed by atoms with Gasteiger partial charge in [0.25, 0.3) is 0 Å². The Morgan fingerprint density at radius 2 is 1.83 bits per heavy atom. The molecular weight excluding hydrogens is 175 g/mol. The SMILES string of the molecule is CO[P@@](C)(=O)Oc1ccccc1. The lowest BCUT2D eigenvalue weighted by Crippen LogP contribution is -1.92. The molecule has 1 atom stereocenters. The average molecular weight is 186 g/mol. The summed E-state index contributed by atoms with van der Waals surface area (Å²) < 4.78 is 21.1. The van der Waals surface area contributed by atoms with E-state index in [9.17, 15) is 4.57 Å². The number of hydrogen-bond acceptors (Lipinski definition) is 3. The van der Waals surface area contributed by atoms with Crippen molar-refractivity contribution in [3.8, 4) is 5.75 Å². The van der Waals surface area contributed by atoms with Crippen molar-refractivity contribution < 1.29 is 13.6 Å². The van der Waals surface area contributed by atoms with Crippen LogP contribution in [0.3, 0.4) is 0 Å². The molecule has 0 radical (unpaired) electrons. The molecule has 1 aromatic rings. The molecule has 1 rings (SSSR count). The summed E-state index contributed by atoms with van der Waals surface area (Å²) in [5, 5.41) is 0. The summed E-state index contributed by atoms with van der Waals surface area (Å²) in [5.41, 5.74) is 0. The zero-order valence-electron chi connectivity index (χ0n) is 7.06. The second-order valence-corrected chi connectivity index (χ2v) is 4.45. The van der Waals surface area contributed by atoms with E-state index in [-0.39, 0.29) is 0 Å². The molecule has 0 fully saturated rings. The minimum atomic E-state index is -2.90. The highest BCUT2D eigenvalue weighted by Crippen LogP contribution is 2.42. The Labute approximate surface area is 71.9 Å². The molecule has 12 heavy (non-hydrogen) atoms. The summed E-state index contributed by atoms with van der Waals surface area (Å²) >= 11 is 0. The van der Waals surface area contributed by atoms with E-state index in [0.717, 1.165) is 0 Å². The molecule has 0 unspecified atom stereocenters. The normalized spacial score (nSPS) is 15.2. The Hall–Kier alpha value is -0.790. The average Bonchev–Trinajstić information content (AvgIpc) is 2.06. The molecule has 0 aliphatic carbocycles. The highest BCUT2D eigenvalue weighted by molar-refractivity contribution is 7.53. The number of benzene rings is 1. The monoisotopic (exact) mass is 186 g/mol. The highest BCUT2D eigenvalue weighted by Gasteiger charge is 2.14. The third-order valence-electron chi connectivity index (χ3n) is 1.35. The summed E-state index contributed by atoms with van der Waals surface area (Å²) in [6.45, 7) is 1.43. The first-order valence-corrected chi connectivity index (χ1v) is 5.51. The van der Waals surface area contributed by atoms with E-state index in [1.54, 1.807) is 12.1 Å². The highest BCUT2D eigenvalue weighted by atomic mass is 31.2. The quantitative estimate of drug-likeness (QED) is 0.680. The predicted molar refractivity (Wildman–Crippen MR) is 47.6 cm³/mol. The van der Waals surface area contributed by atoms with Gasteiger partial charge in [0.05, 0.1) is 0 Å². The van der Waals surface area contributed by atoms with Crippen molar-refractivity contribution in [3.63, 3.8) is 0 Å². The first-order chi connectivity index (χ1) is 5.64. The summed E-state index contributed by atoms with van der Waals surface area (Å²) in [5.74, 6) is 0.560. The van der Waals surface area contributed by atoms with E-state index in [2.05, 4.69) is 4.52 Å². The van der Waals surface area contributed by atoms with Crippen LogP contribution >= 0.6 is 7.60 Å². The summed E-state index contributed by atoms with van der Waals surface area (Å²) in [6, 6.07) is 8.95. The minimum Gasteiger partial charge on any atom is -0.425 e. The van der Waals surface area contributed by atoms with Crippen LogP contribution in [0.25, 0.3) is 0 Å². The van der Waals surface area contributed by atoms with Gasteiger partial charge >= 0.3 is 7.60 Å². The maximum atomic E-state index is 11.3. The standard InChI is InChI=1S/C8H11O3P/c1-10-12(2,9)11-8-6-4-3-5-7-8/h3-7H,1-2H3/t12-/m1/s1. The molecule has 0 heterocycles. The van der Waals surface area contributed by atoms with Gasteiger partial charge in [-0.25, -0.2) is 4.57 Å². The fourth-order valence-electron chi connectivity index (χ4n) is 0.710. The smallest absolute Gasteiger partial charge is 0.375 e. The van der Waals surface area contributed by atoms with Crippen molar-refractivity contribution in [1.82, 2.24) is 0 Å². The van der Waals surface area contributed by atoms with Gasteiger partial charge in [0.1, 0.15) is 5.75 Å². The zero-order valence-corrected chi connectivity index (χ0v) is 7.95. The third kappa shape index (κ3) is 2.68. The maximum absolute atomic E-state index is 11.3. The van der Waals surface area contributed by atoms with Crippen LogP contribution in [0.5, 0.6) is 5.75 Å². The fourth-order valence-corrected chi connectivity index (χ4v) is 1.29. The lowest BCUT2D eigenvalue weighted by Gasteiger charge is -2.11. The van der Waals surface area contributed by atoms with E-state index in [4.69, 9.17) is 4.52 Å². The molecule has 66 valence electrons. The Bertz CT molecular complexity index is 284. The number of para-hydroxylation sites is 1. The largest absolute Gasteiger partial charge is 0.425 e. The van der Waals surface area contributed by atoms with Gasteiger partial charge in [-0.2, -0.15) is 0 Å². The van der Waals surface area contributed by atoms with E-state index in [1.807, 2.05) is 18.2 Å². The molecule has 1 aromatic carbocycles. The third-order valence-corrected chi connectivity index (χ3v) is 2.55. The molecule has 4 heteroatoms. The van der Waals surface area contributed by atoms with Crippen LogP contribution < -0.4 is 4.52 Å². The molecule has 3 nitrogen and oxygen atoms in total. The van der Waals surface area contributed by atoms with Crippen molar-refractivity contribution in [2.75, 3.05) is 13.8 Å². The van der Waals surface area contributed by atoms with Gasteiger partial charge in [0.15, 0.2) is 0 Å². The van der Waals surface area contributed by atoms with Crippen molar-refractivity contribution in [2.45, 2.75) is 0 Å². The van der Waals surface area contributed by atoms with Crippen molar-refractivity contribution in [3.05, 3.63) is 30.3 Å². The van der Waals surface area contributed by atoms with Crippen molar-refractivity contribution in [2.24, 2.45) is 0 Å². The predicted octanol–water partition coefficient (Wildman–Crippen LogP) is 2.53. The fraction of sp³-hybridized carbons (Fsp3) is 0.250. The van der Waals surface area contributed by atoms with Gasteiger partial charge in [-0.15, -0.1) is 0 Å². The lowest BCUT2D eigenvalue weighted by atomic mass is 10.3. The molecule has 0 aromatic heterocycles. The topological polar surface area (TPSA) is 35.5 Å². The maximum Gasteiger partial charge on any atom is 0.375 e. The second kappa shape index (κ2) is 3.74. The van der Waals surface area contributed by atoms with Crippen LogP contribution in [0.15, 0.2) is 30.3 Å². The van der Waals surface area contributed by atoms with Gasteiger partial charge in [-0.3, -0.25) is 0 Å². The molecule has 0 spiro atoms. The van der Waals surface area contributed by atoms with Crippen LogP contribution in [0.4, 0.5) is 0 Å². The number of hydrogen-bond donors (Lipinski definition) is 0. The van der Waals surface area contributed by atoms with E-state index in [0.29, 0.717) is 5.75 Å². The van der Waals surface area contributed by atoms with Crippen molar-refractivity contribution in [1.29, 1.82) is 0 Å². The second-order valence-electron chi connectivity index (χ2n) is 2.36.